The molecule has 0 aromatic heterocycles. The third-order valence-corrected chi connectivity index (χ3v) is 4.28. The van der Waals surface area contributed by atoms with Crippen molar-refractivity contribution in [2.45, 2.75) is 25.1 Å². The second-order valence-corrected chi connectivity index (χ2v) is 5.93. The SMILES string of the molecule is Cc1ccc(C(=O)N2CCCC(Cl)C2)cc1Br. The highest BCUT2D eigenvalue weighted by Gasteiger charge is 2.23. The fourth-order valence-electron chi connectivity index (χ4n) is 2.02. The second-order valence-electron chi connectivity index (χ2n) is 4.45. The number of rotatable bonds is 1. The van der Waals surface area contributed by atoms with Crippen LogP contribution in [-0.2, 0) is 0 Å². The van der Waals surface area contributed by atoms with Crippen LogP contribution in [0.15, 0.2) is 22.7 Å². The molecule has 1 fully saturated rings. The first-order valence-electron chi connectivity index (χ1n) is 5.77. The van der Waals surface area contributed by atoms with Crippen molar-refractivity contribution in [2.75, 3.05) is 13.1 Å². The van der Waals surface area contributed by atoms with E-state index in [1.54, 1.807) is 0 Å². The number of halogens is 2. The second kappa shape index (κ2) is 5.40. The summed E-state index contributed by atoms with van der Waals surface area (Å²) in [5, 5.41) is 0.0987. The third-order valence-electron chi connectivity index (χ3n) is 3.07. The molecule has 1 aliphatic rings. The molecule has 0 N–H and O–H groups in total. The fraction of sp³-hybridized carbons (Fsp3) is 0.462. The largest absolute Gasteiger partial charge is 0.337 e. The minimum absolute atomic E-state index is 0.0797. The van der Waals surface area contributed by atoms with E-state index in [0.717, 1.165) is 35.0 Å². The van der Waals surface area contributed by atoms with E-state index in [1.807, 2.05) is 30.0 Å². The minimum Gasteiger partial charge on any atom is -0.337 e. The lowest BCUT2D eigenvalue weighted by Gasteiger charge is -2.30. The summed E-state index contributed by atoms with van der Waals surface area (Å²) in [6.45, 7) is 3.48. The summed E-state index contributed by atoms with van der Waals surface area (Å²) >= 11 is 9.55. The highest BCUT2D eigenvalue weighted by molar-refractivity contribution is 9.10. The maximum atomic E-state index is 12.3. The standard InChI is InChI=1S/C13H15BrClNO/c1-9-4-5-10(7-12(9)14)13(17)16-6-2-3-11(15)8-16/h4-5,7,11H,2-3,6,8H2,1H3. The molecule has 0 radical (unpaired) electrons. The van der Waals surface area contributed by atoms with Crippen LogP contribution in [-0.4, -0.2) is 29.3 Å². The fourth-order valence-corrected chi connectivity index (χ4v) is 2.72. The molecule has 1 heterocycles. The number of piperidine rings is 1. The molecule has 92 valence electrons. The van der Waals surface area contributed by atoms with E-state index in [1.165, 1.54) is 0 Å². The quantitative estimate of drug-likeness (QED) is 0.725. The molecule has 0 aliphatic carbocycles. The summed E-state index contributed by atoms with van der Waals surface area (Å²) in [5.74, 6) is 0.0797. The Balaban J connectivity index is 2.15. The van der Waals surface area contributed by atoms with Crippen molar-refractivity contribution >= 4 is 33.4 Å². The number of alkyl halides is 1. The normalized spacial score (nSPS) is 20.4. The van der Waals surface area contributed by atoms with Gasteiger partial charge in [-0.2, -0.15) is 0 Å². The molecule has 17 heavy (non-hydrogen) atoms. The van der Waals surface area contributed by atoms with Gasteiger partial charge in [0, 0.05) is 23.1 Å². The summed E-state index contributed by atoms with van der Waals surface area (Å²) in [6.07, 6.45) is 2.00. The van der Waals surface area contributed by atoms with E-state index >= 15 is 0 Å². The molecule has 1 aliphatic heterocycles. The molecule has 1 saturated heterocycles. The van der Waals surface area contributed by atoms with Gasteiger partial charge in [0.25, 0.3) is 5.91 Å². The molecule has 1 aromatic carbocycles. The number of likely N-dealkylation sites (tertiary alicyclic amines) is 1. The minimum atomic E-state index is 0.0797. The molecule has 1 atom stereocenters. The Morgan fingerprint density at radius 2 is 2.29 bits per heavy atom. The summed E-state index contributed by atoms with van der Waals surface area (Å²) in [7, 11) is 0. The molecule has 2 rings (SSSR count). The first-order chi connectivity index (χ1) is 8.08. The number of amides is 1. The van der Waals surface area contributed by atoms with E-state index in [-0.39, 0.29) is 11.3 Å². The lowest BCUT2D eigenvalue weighted by Crippen LogP contribution is -2.40. The van der Waals surface area contributed by atoms with Crippen LogP contribution in [0.3, 0.4) is 0 Å². The first kappa shape index (κ1) is 12.9. The summed E-state index contributed by atoms with van der Waals surface area (Å²) in [4.78, 5) is 14.1. The zero-order chi connectivity index (χ0) is 12.4. The molecule has 0 bridgehead atoms. The van der Waals surface area contributed by atoms with Crippen LogP contribution in [0.2, 0.25) is 0 Å². The van der Waals surface area contributed by atoms with E-state index in [0.29, 0.717) is 6.54 Å². The van der Waals surface area contributed by atoms with Crippen LogP contribution < -0.4 is 0 Å². The van der Waals surface area contributed by atoms with Gasteiger partial charge in [-0.1, -0.05) is 22.0 Å². The Labute approximate surface area is 115 Å². The molecular formula is C13H15BrClNO. The van der Waals surface area contributed by atoms with Gasteiger partial charge in [0.2, 0.25) is 0 Å². The van der Waals surface area contributed by atoms with Gasteiger partial charge in [0.05, 0.1) is 5.38 Å². The average molecular weight is 317 g/mol. The van der Waals surface area contributed by atoms with Crippen molar-refractivity contribution in [3.63, 3.8) is 0 Å². The van der Waals surface area contributed by atoms with Gasteiger partial charge in [0.15, 0.2) is 0 Å². The molecule has 2 nitrogen and oxygen atoms in total. The van der Waals surface area contributed by atoms with E-state index in [9.17, 15) is 4.79 Å². The van der Waals surface area contributed by atoms with Crippen LogP contribution in [0.4, 0.5) is 0 Å². The van der Waals surface area contributed by atoms with Crippen LogP contribution in [0.1, 0.15) is 28.8 Å². The number of hydrogen-bond acceptors (Lipinski definition) is 1. The first-order valence-corrected chi connectivity index (χ1v) is 7.00. The molecular weight excluding hydrogens is 302 g/mol. The van der Waals surface area contributed by atoms with E-state index in [2.05, 4.69) is 15.9 Å². The van der Waals surface area contributed by atoms with Crippen molar-refractivity contribution < 1.29 is 4.79 Å². The Morgan fingerprint density at radius 3 is 2.94 bits per heavy atom. The zero-order valence-corrected chi connectivity index (χ0v) is 12.1. The monoisotopic (exact) mass is 315 g/mol. The maximum absolute atomic E-state index is 12.3. The highest BCUT2D eigenvalue weighted by atomic mass is 79.9. The number of carbonyl (C=O) groups is 1. The van der Waals surface area contributed by atoms with Crippen LogP contribution in [0.5, 0.6) is 0 Å². The molecule has 1 unspecified atom stereocenters. The Bertz CT molecular complexity index is 435. The van der Waals surface area contributed by atoms with Gasteiger partial charge in [0.1, 0.15) is 0 Å². The molecule has 1 aromatic rings. The Morgan fingerprint density at radius 1 is 1.53 bits per heavy atom. The van der Waals surface area contributed by atoms with Crippen LogP contribution in [0.25, 0.3) is 0 Å². The molecule has 0 saturated carbocycles. The number of carbonyl (C=O) groups excluding carboxylic acids is 1. The lowest BCUT2D eigenvalue weighted by molar-refractivity contribution is 0.0727. The maximum Gasteiger partial charge on any atom is 0.253 e. The predicted octanol–water partition coefficient (Wildman–Crippen LogP) is 3.60. The topological polar surface area (TPSA) is 20.3 Å². The molecule has 4 heteroatoms. The third kappa shape index (κ3) is 3.02. The van der Waals surface area contributed by atoms with Crippen molar-refractivity contribution in [3.05, 3.63) is 33.8 Å². The summed E-state index contributed by atoms with van der Waals surface area (Å²) in [6, 6.07) is 5.72. The van der Waals surface area contributed by atoms with Crippen LogP contribution >= 0.6 is 27.5 Å². The van der Waals surface area contributed by atoms with Crippen molar-refractivity contribution in [2.24, 2.45) is 0 Å². The molecule has 0 spiro atoms. The number of nitrogens with zero attached hydrogens (tertiary/aromatic N) is 1. The number of hydrogen-bond donors (Lipinski definition) is 0. The van der Waals surface area contributed by atoms with Crippen molar-refractivity contribution in [1.82, 2.24) is 4.90 Å². The van der Waals surface area contributed by atoms with E-state index < -0.39 is 0 Å². The Kier molecular flexibility index (Phi) is 4.10. The van der Waals surface area contributed by atoms with Crippen molar-refractivity contribution in [3.8, 4) is 0 Å². The van der Waals surface area contributed by atoms with Gasteiger partial charge in [-0.3, -0.25) is 4.79 Å². The van der Waals surface area contributed by atoms with Gasteiger partial charge >= 0.3 is 0 Å². The number of aryl methyl sites for hydroxylation is 1. The van der Waals surface area contributed by atoms with Gasteiger partial charge < -0.3 is 4.90 Å². The zero-order valence-electron chi connectivity index (χ0n) is 9.75. The van der Waals surface area contributed by atoms with Gasteiger partial charge in [-0.25, -0.2) is 0 Å². The van der Waals surface area contributed by atoms with E-state index in [4.69, 9.17) is 11.6 Å². The van der Waals surface area contributed by atoms with Crippen molar-refractivity contribution in [1.29, 1.82) is 0 Å². The summed E-state index contributed by atoms with van der Waals surface area (Å²) < 4.78 is 0.975. The smallest absolute Gasteiger partial charge is 0.253 e. The van der Waals surface area contributed by atoms with Gasteiger partial charge in [-0.05, 0) is 37.5 Å². The predicted molar refractivity (Wildman–Crippen MR) is 73.7 cm³/mol. The average Bonchev–Trinajstić information content (AvgIpc) is 2.32. The number of benzene rings is 1. The van der Waals surface area contributed by atoms with Gasteiger partial charge in [-0.15, -0.1) is 11.6 Å². The lowest BCUT2D eigenvalue weighted by atomic mass is 10.1. The highest BCUT2D eigenvalue weighted by Crippen LogP contribution is 2.21. The molecule has 1 amide bonds. The Hall–Kier alpha value is -0.540. The van der Waals surface area contributed by atoms with Crippen LogP contribution in [0, 0.1) is 6.92 Å². The summed E-state index contributed by atoms with van der Waals surface area (Å²) in [5.41, 5.74) is 1.86.